The van der Waals surface area contributed by atoms with Gasteiger partial charge in [0.25, 0.3) is 0 Å². The van der Waals surface area contributed by atoms with Gasteiger partial charge in [0.05, 0.1) is 0 Å². The Bertz CT molecular complexity index is 474. The summed E-state index contributed by atoms with van der Waals surface area (Å²) in [6.45, 7) is 9.47. The molecule has 0 bridgehead atoms. The van der Waals surface area contributed by atoms with Gasteiger partial charge in [0.1, 0.15) is 6.17 Å². The third-order valence-electron chi connectivity index (χ3n) is 8.57. The van der Waals surface area contributed by atoms with Gasteiger partial charge in [0.15, 0.2) is 0 Å². The standard InChI is InChI=1S/C35H70N2/c1-4-7-10-13-15-17-18-19-21-23-26-29-32-37-34-33-36(31-28-25-12-9-6-3)35(37)30-27-24-22-20-16-14-11-8-5-2/h33-35H,4-32H2,1-3H3. The van der Waals surface area contributed by atoms with Crippen LogP contribution in [-0.2, 0) is 0 Å². The van der Waals surface area contributed by atoms with E-state index in [2.05, 4.69) is 43.0 Å². The van der Waals surface area contributed by atoms with Gasteiger partial charge in [0.2, 0.25) is 0 Å². The SMILES string of the molecule is CCCCCCCCCCCCCCN1C=CN(CCCCCCC)C1CCCCCCCCCCC. The van der Waals surface area contributed by atoms with Crippen LogP contribution in [0.4, 0.5) is 0 Å². The highest BCUT2D eigenvalue weighted by molar-refractivity contribution is 4.97. The summed E-state index contributed by atoms with van der Waals surface area (Å²) in [6, 6.07) is 0. The summed E-state index contributed by atoms with van der Waals surface area (Å²) in [5.41, 5.74) is 0. The topological polar surface area (TPSA) is 6.48 Å². The maximum Gasteiger partial charge on any atom is 0.101 e. The first-order valence-corrected chi connectivity index (χ1v) is 17.5. The molecule has 0 aliphatic carbocycles. The Morgan fingerprint density at radius 3 is 0.946 bits per heavy atom. The lowest BCUT2D eigenvalue weighted by Gasteiger charge is -2.33. The summed E-state index contributed by atoms with van der Waals surface area (Å²) in [4.78, 5) is 5.39. The van der Waals surface area contributed by atoms with Gasteiger partial charge in [-0.05, 0) is 25.7 Å². The van der Waals surface area contributed by atoms with Crippen molar-refractivity contribution in [1.29, 1.82) is 0 Å². The van der Waals surface area contributed by atoms with Gasteiger partial charge < -0.3 is 9.80 Å². The van der Waals surface area contributed by atoms with Crippen molar-refractivity contribution in [3.63, 3.8) is 0 Å². The summed E-state index contributed by atoms with van der Waals surface area (Å²) >= 11 is 0. The van der Waals surface area contributed by atoms with Gasteiger partial charge in [-0.25, -0.2) is 0 Å². The Labute approximate surface area is 235 Å². The zero-order valence-electron chi connectivity index (χ0n) is 26.1. The van der Waals surface area contributed by atoms with Crippen LogP contribution in [-0.4, -0.2) is 29.1 Å². The molecule has 37 heavy (non-hydrogen) atoms. The lowest BCUT2D eigenvalue weighted by atomic mass is 10.0. The first-order valence-electron chi connectivity index (χ1n) is 17.5. The van der Waals surface area contributed by atoms with Crippen molar-refractivity contribution < 1.29 is 0 Å². The van der Waals surface area contributed by atoms with Crippen LogP contribution in [0.1, 0.15) is 194 Å². The highest BCUT2D eigenvalue weighted by Gasteiger charge is 2.24. The fourth-order valence-electron chi connectivity index (χ4n) is 6.01. The van der Waals surface area contributed by atoms with E-state index < -0.39 is 0 Å². The van der Waals surface area contributed by atoms with Crippen molar-refractivity contribution in [2.45, 2.75) is 200 Å². The lowest BCUT2D eigenvalue weighted by molar-refractivity contribution is 0.135. The van der Waals surface area contributed by atoms with Crippen molar-refractivity contribution in [1.82, 2.24) is 9.80 Å². The fourth-order valence-corrected chi connectivity index (χ4v) is 6.01. The van der Waals surface area contributed by atoms with E-state index in [1.165, 1.54) is 186 Å². The molecule has 2 heteroatoms. The van der Waals surface area contributed by atoms with Crippen LogP contribution in [0.15, 0.2) is 12.4 Å². The van der Waals surface area contributed by atoms with Crippen LogP contribution in [0.5, 0.6) is 0 Å². The number of hydrogen-bond acceptors (Lipinski definition) is 2. The van der Waals surface area contributed by atoms with E-state index in [9.17, 15) is 0 Å². The number of hydrogen-bond donors (Lipinski definition) is 0. The average molecular weight is 519 g/mol. The quantitative estimate of drug-likeness (QED) is 0.0908. The van der Waals surface area contributed by atoms with E-state index in [4.69, 9.17) is 0 Å². The smallest absolute Gasteiger partial charge is 0.101 e. The van der Waals surface area contributed by atoms with Crippen molar-refractivity contribution in [2.75, 3.05) is 13.1 Å². The maximum absolute atomic E-state index is 2.70. The molecule has 0 aromatic carbocycles. The molecule has 1 heterocycles. The van der Waals surface area contributed by atoms with Gasteiger partial charge in [-0.1, -0.05) is 168 Å². The monoisotopic (exact) mass is 519 g/mol. The Kier molecular flexibility index (Phi) is 25.0. The zero-order chi connectivity index (χ0) is 26.7. The Balaban J connectivity index is 2.19. The number of unbranched alkanes of at least 4 members (excludes halogenated alkanes) is 23. The zero-order valence-corrected chi connectivity index (χ0v) is 26.1. The van der Waals surface area contributed by atoms with Crippen molar-refractivity contribution in [2.24, 2.45) is 0 Å². The third-order valence-corrected chi connectivity index (χ3v) is 8.57. The van der Waals surface area contributed by atoms with Crippen molar-refractivity contribution in [3.8, 4) is 0 Å². The van der Waals surface area contributed by atoms with Crippen LogP contribution in [0.3, 0.4) is 0 Å². The lowest BCUT2D eigenvalue weighted by Crippen LogP contribution is -2.39. The molecule has 0 N–H and O–H groups in total. The minimum Gasteiger partial charge on any atom is -0.356 e. The Morgan fingerprint density at radius 1 is 0.351 bits per heavy atom. The molecule has 0 amide bonds. The van der Waals surface area contributed by atoms with E-state index in [1.54, 1.807) is 0 Å². The molecule has 2 nitrogen and oxygen atoms in total. The summed E-state index contributed by atoms with van der Waals surface area (Å²) in [6.07, 6.45) is 44.0. The van der Waals surface area contributed by atoms with Gasteiger partial charge in [-0.2, -0.15) is 0 Å². The molecule has 1 unspecified atom stereocenters. The largest absolute Gasteiger partial charge is 0.356 e. The highest BCUT2D eigenvalue weighted by atomic mass is 15.4. The van der Waals surface area contributed by atoms with Gasteiger partial charge >= 0.3 is 0 Å². The Hall–Kier alpha value is -0.660. The molecule has 0 spiro atoms. The summed E-state index contributed by atoms with van der Waals surface area (Å²) < 4.78 is 0. The molecule has 1 aliphatic heterocycles. The molecular weight excluding hydrogens is 448 g/mol. The molecule has 1 aliphatic rings. The van der Waals surface area contributed by atoms with E-state index in [0.29, 0.717) is 6.17 Å². The van der Waals surface area contributed by atoms with Gasteiger partial charge in [-0.15, -0.1) is 0 Å². The normalized spacial score (nSPS) is 15.4. The first-order chi connectivity index (χ1) is 18.3. The first kappa shape index (κ1) is 34.4. The average Bonchev–Trinajstić information content (AvgIpc) is 3.29. The third kappa shape index (κ3) is 20.0. The minimum absolute atomic E-state index is 0.642. The summed E-state index contributed by atoms with van der Waals surface area (Å²) in [5.74, 6) is 0. The predicted molar refractivity (Wildman–Crippen MR) is 168 cm³/mol. The molecule has 220 valence electrons. The second-order valence-corrected chi connectivity index (χ2v) is 12.2. The summed E-state index contributed by atoms with van der Waals surface area (Å²) in [7, 11) is 0. The van der Waals surface area contributed by atoms with E-state index in [1.807, 2.05) is 0 Å². The maximum atomic E-state index is 2.70. The molecule has 0 radical (unpaired) electrons. The number of rotatable bonds is 29. The fraction of sp³-hybridized carbons (Fsp3) is 0.943. The molecule has 0 fully saturated rings. The van der Waals surface area contributed by atoms with E-state index in [-0.39, 0.29) is 0 Å². The van der Waals surface area contributed by atoms with Crippen LogP contribution in [0.2, 0.25) is 0 Å². The van der Waals surface area contributed by atoms with Gasteiger partial charge in [0, 0.05) is 25.5 Å². The highest BCUT2D eigenvalue weighted by Crippen LogP contribution is 2.24. The van der Waals surface area contributed by atoms with Crippen LogP contribution in [0, 0.1) is 0 Å². The molecule has 1 rings (SSSR count). The molecule has 0 aromatic rings. The molecular formula is C35H70N2. The minimum atomic E-state index is 0.642. The predicted octanol–water partition coefficient (Wildman–Crippen LogP) is 12.0. The number of nitrogens with zero attached hydrogens (tertiary/aromatic N) is 2. The van der Waals surface area contributed by atoms with Crippen LogP contribution in [0.25, 0.3) is 0 Å². The molecule has 0 aromatic heterocycles. The molecule has 1 atom stereocenters. The van der Waals surface area contributed by atoms with E-state index in [0.717, 1.165) is 0 Å². The summed E-state index contributed by atoms with van der Waals surface area (Å²) in [5, 5.41) is 0. The molecule has 0 saturated heterocycles. The second-order valence-electron chi connectivity index (χ2n) is 12.2. The van der Waals surface area contributed by atoms with Gasteiger partial charge in [-0.3, -0.25) is 0 Å². The van der Waals surface area contributed by atoms with Crippen molar-refractivity contribution >= 4 is 0 Å². The van der Waals surface area contributed by atoms with Crippen LogP contribution < -0.4 is 0 Å². The van der Waals surface area contributed by atoms with Crippen molar-refractivity contribution in [3.05, 3.63) is 12.4 Å². The Morgan fingerprint density at radius 2 is 0.622 bits per heavy atom. The van der Waals surface area contributed by atoms with E-state index >= 15 is 0 Å². The van der Waals surface area contributed by atoms with Crippen LogP contribution >= 0.6 is 0 Å². The second kappa shape index (κ2) is 26.9. The molecule has 0 saturated carbocycles.